The Morgan fingerprint density at radius 3 is 2.52 bits per heavy atom. The summed E-state index contributed by atoms with van der Waals surface area (Å²) in [5.74, 6) is -0.568. The van der Waals surface area contributed by atoms with Crippen LogP contribution >= 0.6 is 0 Å². The maximum absolute atomic E-state index is 12.9. The molecule has 0 saturated carbocycles. The zero-order chi connectivity index (χ0) is 19.6. The van der Waals surface area contributed by atoms with Crippen molar-refractivity contribution in [3.8, 4) is 0 Å². The van der Waals surface area contributed by atoms with Gasteiger partial charge >= 0.3 is 5.97 Å². The summed E-state index contributed by atoms with van der Waals surface area (Å²) >= 11 is 0. The molecule has 5 nitrogen and oxygen atoms in total. The van der Waals surface area contributed by atoms with E-state index >= 15 is 0 Å². The van der Waals surface area contributed by atoms with Gasteiger partial charge in [-0.2, -0.15) is 0 Å². The Morgan fingerprint density at radius 2 is 1.85 bits per heavy atom. The predicted molar refractivity (Wildman–Crippen MR) is 106 cm³/mol. The van der Waals surface area contributed by atoms with Crippen LogP contribution in [0.15, 0.2) is 24.3 Å². The van der Waals surface area contributed by atoms with E-state index in [-0.39, 0.29) is 24.6 Å². The molecule has 0 bridgehead atoms. The van der Waals surface area contributed by atoms with Crippen molar-refractivity contribution in [2.45, 2.75) is 65.5 Å². The van der Waals surface area contributed by atoms with Crippen molar-refractivity contribution in [1.29, 1.82) is 0 Å². The molecule has 144 valence electrons. The van der Waals surface area contributed by atoms with Crippen LogP contribution in [0.1, 0.15) is 61.6 Å². The zero-order valence-electron chi connectivity index (χ0n) is 16.6. The monoisotopic (exact) mass is 368 g/mol. The van der Waals surface area contributed by atoms with Crippen LogP contribution in [0.25, 0.3) is 10.9 Å². The molecule has 0 N–H and O–H groups in total. The number of esters is 1. The fraction of sp³-hybridized carbons (Fsp3) is 0.500. The zero-order valence-corrected chi connectivity index (χ0v) is 16.6. The molecule has 1 aliphatic heterocycles. The van der Waals surface area contributed by atoms with Gasteiger partial charge in [-0.05, 0) is 58.1 Å². The number of piperidine rings is 1. The second-order valence-corrected chi connectivity index (χ2v) is 7.44. The van der Waals surface area contributed by atoms with Crippen LogP contribution in [0.4, 0.5) is 0 Å². The lowest BCUT2D eigenvalue weighted by molar-refractivity contribution is -0.140. The largest absolute Gasteiger partial charge is 0.452 e. The van der Waals surface area contributed by atoms with E-state index in [1.165, 1.54) is 0 Å². The Kier molecular flexibility index (Phi) is 5.78. The number of pyridine rings is 1. The normalized spacial score (nSPS) is 19.9. The average Bonchev–Trinajstić information content (AvgIpc) is 2.65. The minimum Gasteiger partial charge on any atom is -0.452 e. The average molecular weight is 368 g/mol. The fourth-order valence-electron chi connectivity index (χ4n) is 4.15. The number of fused-ring (bicyclic) bond motifs is 1. The van der Waals surface area contributed by atoms with Gasteiger partial charge in [-0.25, -0.2) is 4.79 Å². The van der Waals surface area contributed by atoms with Crippen LogP contribution in [-0.2, 0) is 16.0 Å². The number of aromatic nitrogens is 1. The van der Waals surface area contributed by atoms with E-state index in [2.05, 4.69) is 18.8 Å². The minimum absolute atomic E-state index is 0.116. The number of ether oxygens (including phenoxy) is 1. The third kappa shape index (κ3) is 3.82. The van der Waals surface area contributed by atoms with E-state index in [1.807, 2.05) is 43.0 Å². The second kappa shape index (κ2) is 8.07. The predicted octanol–water partition coefficient (Wildman–Crippen LogP) is 4.05. The van der Waals surface area contributed by atoms with Crippen molar-refractivity contribution in [1.82, 2.24) is 9.88 Å². The van der Waals surface area contributed by atoms with Crippen LogP contribution in [0.2, 0.25) is 0 Å². The molecule has 5 heteroatoms. The Morgan fingerprint density at radius 1 is 1.19 bits per heavy atom. The number of amides is 1. The third-order valence-electron chi connectivity index (χ3n) is 5.58. The summed E-state index contributed by atoms with van der Waals surface area (Å²) in [6.07, 6.45) is 3.86. The summed E-state index contributed by atoms with van der Waals surface area (Å²) in [7, 11) is 0. The number of carbonyl (C=O) groups is 2. The first kappa shape index (κ1) is 19.3. The molecule has 1 aromatic carbocycles. The van der Waals surface area contributed by atoms with Gasteiger partial charge < -0.3 is 9.64 Å². The summed E-state index contributed by atoms with van der Waals surface area (Å²) in [5, 5.41) is 0.768. The third-order valence-corrected chi connectivity index (χ3v) is 5.58. The van der Waals surface area contributed by atoms with Crippen molar-refractivity contribution in [3.05, 3.63) is 41.1 Å². The van der Waals surface area contributed by atoms with E-state index in [9.17, 15) is 9.59 Å². The number of likely N-dealkylation sites (tertiary alicyclic amines) is 1. The molecule has 0 radical (unpaired) electrons. The maximum Gasteiger partial charge on any atom is 0.339 e. The van der Waals surface area contributed by atoms with E-state index < -0.39 is 5.97 Å². The van der Waals surface area contributed by atoms with Gasteiger partial charge in [0.05, 0.1) is 11.1 Å². The standard InChI is InChI=1S/C22H28N2O3/c1-5-18-16(4)21(17-11-6-7-12-19(17)23-18)22(26)27-13-20(25)24-14(2)9-8-10-15(24)3/h6-7,11-12,14-15H,5,8-10,13H2,1-4H3/t14-,15+. The Balaban J connectivity index is 1.82. The van der Waals surface area contributed by atoms with Gasteiger partial charge in [-0.3, -0.25) is 9.78 Å². The summed E-state index contributed by atoms with van der Waals surface area (Å²) < 4.78 is 5.47. The molecule has 0 unspecified atom stereocenters. The number of hydrogen-bond donors (Lipinski definition) is 0. The highest BCUT2D eigenvalue weighted by Gasteiger charge is 2.30. The van der Waals surface area contributed by atoms with Crippen molar-refractivity contribution in [2.24, 2.45) is 0 Å². The molecule has 1 amide bonds. The van der Waals surface area contributed by atoms with Gasteiger partial charge in [-0.15, -0.1) is 0 Å². The van der Waals surface area contributed by atoms with E-state index in [0.717, 1.165) is 47.8 Å². The van der Waals surface area contributed by atoms with Crippen LogP contribution in [0.3, 0.4) is 0 Å². The molecule has 3 rings (SSSR count). The summed E-state index contributed by atoms with van der Waals surface area (Å²) in [6.45, 7) is 7.81. The Labute approximate surface area is 160 Å². The first-order valence-corrected chi connectivity index (χ1v) is 9.80. The van der Waals surface area contributed by atoms with E-state index in [1.54, 1.807) is 0 Å². The van der Waals surface area contributed by atoms with Crippen LogP contribution in [-0.4, -0.2) is 40.5 Å². The lowest BCUT2D eigenvalue weighted by atomic mass is 9.97. The molecular formula is C22H28N2O3. The van der Waals surface area contributed by atoms with Crippen molar-refractivity contribution >= 4 is 22.8 Å². The quantitative estimate of drug-likeness (QED) is 0.764. The molecule has 2 heterocycles. The molecule has 0 spiro atoms. The number of nitrogens with zero attached hydrogens (tertiary/aromatic N) is 2. The van der Waals surface area contributed by atoms with Gasteiger partial charge in [0.25, 0.3) is 5.91 Å². The number of carbonyl (C=O) groups excluding carboxylic acids is 2. The van der Waals surface area contributed by atoms with Crippen LogP contribution < -0.4 is 0 Å². The van der Waals surface area contributed by atoms with E-state index in [0.29, 0.717) is 5.56 Å². The number of aryl methyl sites for hydroxylation is 1. The number of rotatable bonds is 4. The summed E-state index contributed by atoms with van der Waals surface area (Å²) in [5.41, 5.74) is 3.00. The lowest BCUT2D eigenvalue weighted by Crippen LogP contribution is -2.49. The topological polar surface area (TPSA) is 59.5 Å². The number of para-hydroxylation sites is 1. The van der Waals surface area contributed by atoms with Crippen LogP contribution in [0.5, 0.6) is 0 Å². The number of benzene rings is 1. The summed E-state index contributed by atoms with van der Waals surface area (Å²) in [4.78, 5) is 32.0. The smallest absolute Gasteiger partial charge is 0.339 e. The molecule has 2 atom stereocenters. The van der Waals surface area contributed by atoms with E-state index in [4.69, 9.17) is 4.74 Å². The fourth-order valence-corrected chi connectivity index (χ4v) is 4.15. The first-order valence-electron chi connectivity index (χ1n) is 9.80. The highest BCUT2D eigenvalue weighted by molar-refractivity contribution is 6.05. The molecular weight excluding hydrogens is 340 g/mol. The van der Waals surface area contributed by atoms with Crippen LogP contribution in [0, 0.1) is 6.92 Å². The van der Waals surface area contributed by atoms with Gasteiger partial charge in [0, 0.05) is 23.2 Å². The minimum atomic E-state index is -0.452. The lowest BCUT2D eigenvalue weighted by Gasteiger charge is -2.38. The second-order valence-electron chi connectivity index (χ2n) is 7.44. The molecule has 1 aromatic heterocycles. The molecule has 1 aliphatic rings. The highest BCUT2D eigenvalue weighted by Crippen LogP contribution is 2.25. The van der Waals surface area contributed by atoms with Crippen molar-refractivity contribution in [2.75, 3.05) is 6.61 Å². The summed E-state index contributed by atoms with van der Waals surface area (Å²) in [6, 6.07) is 7.94. The Hall–Kier alpha value is -2.43. The maximum atomic E-state index is 12.9. The van der Waals surface area contributed by atoms with Gasteiger partial charge in [0.2, 0.25) is 0 Å². The van der Waals surface area contributed by atoms with Gasteiger partial charge in [0.1, 0.15) is 0 Å². The molecule has 27 heavy (non-hydrogen) atoms. The number of hydrogen-bond acceptors (Lipinski definition) is 4. The van der Waals surface area contributed by atoms with Crippen molar-refractivity contribution < 1.29 is 14.3 Å². The SMILES string of the molecule is CCc1nc2ccccc2c(C(=O)OCC(=O)N2[C@H](C)CCC[C@@H]2C)c1C. The molecule has 1 saturated heterocycles. The molecule has 0 aliphatic carbocycles. The van der Waals surface area contributed by atoms with Gasteiger partial charge in [0.15, 0.2) is 6.61 Å². The first-order chi connectivity index (χ1) is 12.9. The Bertz CT molecular complexity index is 852. The van der Waals surface area contributed by atoms with Crippen molar-refractivity contribution in [3.63, 3.8) is 0 Å². The van der Waals surface area contributed by atoms with Gasteiger partial charge in [-0.1, -0.05) is 25.1 Å². The highest BCUT2D eigenvalue weighted by atomic mass is 16.5. The molecule has 2 aromatic rings. The molecule has 1 fully saturated rings.